The largest absolute Gasteiger partial charge is 0.320 e. The van der Waals surface area contributed by atoms with Crippen LogP contribution in [0.3, 0.4) is 0 Å². The Morgan fingerprint density at radius 1 is 0.939 bits per heavy atom. The van der Waals surface area contributed by atoms with Gasteiger partial charge in [-0.05, 0) is 68.4 Å². The predicted octanol–water partition coefficient (Wildman–Crippen LogP) is 3.75. The van der Waals surface area contributed by atoms with Crippen LogP contribution in [0.2, 0.25) is 0 Å². The zero-order valence-corrected chi connectivity index (χ0v) is 19.1. The Morgan fingerprint density at radius 2 is 1.61 bits per heavy atom. The van der Waals surface area contributed by atoms with Crippen LogP contribution in [0.25, 0.3) is 0 Å². The number of benzene rings is 2. The zero-order valence-electron chi connectivity index (χ0n) is 18.2. The van der Waals surface area contributed by atoms with Crippen LogP contribution in [0.1, 0.15) is 34.7 Å². The molecular weight excluding hydrogens is 447 g/mol. The topological polar surface area (TPSA) is 108 Å². The van der Waals surface area contributed by atoms with Crippen LogP contribution in [0.4, 0.5) is 15.8 Å². The van der Waals surface area contributed by atoms with Gasteiger partial charge in [-0.15, -0.1) is 0 Å². The fourth-order valence-electron chi connectivity index (χ4n) is 2.83. The minimum atomic E-state index is -3.69. The van der Waals surface area contributed by atoms with Crippen LogP contribution in [-0.4, -0.2) is 42.6 Å². The number of rotatable bonds is 7. The van der Waals surface area contributed by atoms with Crippen molar-refractivity contribution in [2.24, 2.45) is 0 Å². The van der Waals surface area contributed by atoms with E-state index in [0.29, 0.717) is 0 Å². The lowest BCUT2D eigenvalue weighted by Gasteiger charge is -2.21. The van der Waals surface area contributed by atoms with E-state index in [-0.39, 0.29) is 33.6 Å². The van der Waals surface area contributed by atoms with E-state index >= 15 is 0 Å². The molecule has 1 heterocycles. The molecule has 1 aromatic heterocycles. The third-order valence-electron chi connectivity index (χ3n) is 4.90. The predicted molar refractivity (Wildman–Crippen MR) is 123 cm³/mol. The number of carbonyl (C=O) groups excluding carboxylic acids is 2. The van der Waals surface area contributed by atoms with Crippen LogP contribution in [0.15, 0.2) is 71.8 Å². The third kappa shape index (κ3) is 5.60. The van der Waals surface area contributed by atoms with E-state index in [1.807, 2.05) is 0 Å². The van der Waals surface area contributed by atoms with Crippen molar-refractivity contribution in [3.05, 3.63) is 83.9 Å². The van der Waals surface area contributed by atoms with E-state index in [1.165, 1.54) is 53.9 Å². The van der Waals surface area contributed by atoms with E-state index in [1.54, 1.807) is 26.0 Å². The summed E-state index contributed by atoms with van der Waals surface area (Å²) >= 11 is 0. The second-order valence-corrected chi connectivity index (χ2v) is 9.45. The molecule has 0 unspecified atom stereocenters. The highest BCUT2D eigenvalue weighted by Gasteiger charge is 2.23. The molecule has 3 rings (SSSR count). The highest BCUT2D eigenvalue weighted by atomic mass is 32.2. The lowest BCUT2D eigenvalue weighted by atomic mass is 10.2. The first-order valence-electron chi connectivity index (χ1n) is 10.0. The highest BCUT2D eigenvalue weighted by molar-refractivity contribution is 7.89. The minimum absolute atomic E-state index is 0.0421. The van der Waals surface area contributed by atoms with Gasteiger partial charge < -0.3 is 10.6 Å². The van der Waals surface area contributed by atoms with Crippen LogP contribution in [-0.2, 0) is 10.0 Å². The monoisotopic (exact) mass is 470 g/mol. The standard InChI is InChI=1S/C23H23FN4O4S/c1-15(2)28(3)33(31,32)18-10-7-16(8-11-18)22(29)27-21-14-17(24)9-12-19(21)26-23(30)20-6-4-5-13-25-20/h4-15H,1-3H3,(H,26,30)(H,27,29). The van der Waals surface area contributed by atoms with Crippen molar-refractivity contribution in [3.8, 4) is 0 Å². The number of anilines is 2. The molecule has 172 valence electrons. The highest BCUT2D eigenvalue weighted by Crippen LogP contribution is 2.25. The van der Waals surface area contributed by atoms with Crippen LogP contribution < -0.4 is 10.6 Å². The lowest BCUT2D eigenvalue weighted by Crippen LogP contribution is -2.33. The van der Waals surface area contributed by atoms with Crippen molar-refractivity contribution in [2.45, 2.75) is 24.8 Å². The average molecular weight is 471 g/mol. The number of halogens is 1. The zero-order chi connectivity index (χ0) is 24.2. The van der Waals surface area contributed by atoms with E-state index < -0.39 is 27.7 Å². The molecule has 3 aromatic rings. The van der Waals surface area contributed by atoms with Gasteiger partial charge >= 0.3 is 0 Å². The normalized spacial score (nSPS) is 11.5. The van der Waals surface area contributed by atoms with Crippen molar-refractivity contribution in [1.29, 1.82) is 0 Å². The van der Waals surface area contributed by atoms with Gasteiger partial charge in [0.2, 0.25) is 10.0 Å². The van der Waals surface area contributed by atoms with Gasteiger partial charge in [-0.3, -0.25) is 14.6 Å². The van der Waals surface area contributed by atoms with Crippen molar-refractivity contribution in [2.75, 3.05) is 17.7 Å². The van der Waals surface area contributed by atoms with Gasteiger partial charge in [0.05, 0.1) is 16.3 Å². The first-order chi connectivity index (χ1) is 15.6. The summed E-state index contributed by atoms with van der Waals surface area (Å²) in [6.07, 6.45) is 1.46. The van der Waals surface area contributed by atoms with Crippen molar-refractivity contribution in [1.82, 2.24) is 9.29 Å². The van der Waals surface area contributed by atoms with Crippen LogP contribution in [0, 0.1) is 5.82 Å². The van der Waals surface area contributed by atoms with E-state index in [2.05, 4.69) is 15.6 Å². The van der Waals surface area contributed by atoms with Crippen LogP contribution in [0.5, 0.6) is 0 Å². The number of nitrogens with one attached hydrogen (secondary N) is 2. The molecular formula is C23H23FN4O4S. The molecule has 2 amide bonds. The van der Waals surface area contributed by atoms with Crippen LogP contribution >= 0.6 is 0 Å². The number of pyridine rings is 1. The van der Waals surface area contributed by atoms with Crippen molar-refractivity contribution >= 4 is 33.2 Å². The number of amides is 2. The summed E-state index contributed by atoms with van der Waals surface area (Å²) in [6, 6.07) is 13.5. The molecule has 0 aliphatic carbocycles. The van der Waals surface area contributed by atoms with E-state index in [9.17, 15) is 22.4 Å². The number of hydrogen-bond donors (Lipinski definition) is 2. The third-order valence-corrected chi connectivity index (χ3v) is 6.94. The molecule has 8 nitrogen and oxygen atoms in total. The molecule has 0 aliphatic rings. The number of aromatic nitrogens is 1. The van der Waals surface area contributed by atoms with Crippen molar-refractivity contribution in [3.63, 3.8) is 0 Å². The van der Waals surface area contributed by atoms with Gasteiger partial charge in [0.1, 0.15) is 11.5 Å². The van der Waals surface area contributed by atoms with Gasteiger partial charge in [-0.2, -0.15) is 4.31 Å². The van der Waals surface area contributed by atoms with Gasteiger partial charge in [-0.25, -0.2) is 12.8 Å². The molecule has 0 radical (unpaired) electrons. The molecule has 2 N–H and O–H groups in total. The fourth-order valence-corrected chi connectivity index (χ4v) is 4.20. The lowest BCUT2D eigenvalue weighted by molar-refractivity contribution is 0.101. The Bertz CT molecular complexity index is 1260. The number of sulfonamides is 1. The first-order valence-corrected chi connectivity index (χ1v) is 11.4. The summed E-state index contributed by atoms with van der Waals surface area (Å²) in [6.45, 7) is 3.51. The Kier molecular flexibility index (Phi) is 7.19. The Balaban J connectivity index is 1.80. The SMILES string of the molecule is CC(C)N(C)S(=O)(=O)c1ccc(C(=O)Nc2cc(F)ccc2NC(=O)c2ccccn2)cc1. The molecule has 0 saturated carbocycles. The summed E-state index contributed by atoms with van der Waals surface area (Å²) in [7, 11) is -2.22. The summed E-state index contributed by atoms with van der Waals surface area (Å²) in [5.74, 6) is -1.74. The molecule has 0 bridgehead atoms. The molecule has 0 saturated heterocycles. The summed E-state index contributed by atoms with van der Waals surface area (Å²) < 4.78 is 40.2. The quantitative estimate of drug-likeness (QED) is 0.547. The van der Waals surface area contributed by atoms with E-state index in [0.717, 1.165) is 12.1 Å². The maximum Gasteiger partial charge on any atom is 0.274 e. The maximum absolute atomic E-state index is 13.8. The molecule has 0 aliphatic heterocycles. The molecule has 0 atom stereocenters. The minimum Gasteiger partial charge on any atom is -0.320 e. The van der Waals surface area contributed by atoms with Gasteiger partial charge in [-0.1, -0.05) is 6.07 Å². The smallest absolute Gasteiger partial charge is 0.274 e. The van der Waals surface area contributed by atoms with Gasteiger partial charge in [0, 0.05) is 24.8 Å². The maximum atomic E-state index is 13.8. The molecule has 0 fully saturated rings. The number of carbonyl (C=O) groups is 2. The average Bonchev–Trinajstić information content (AvgIpc) is 2.80. The molecule has 2 aromatic carbocycles. The Labute approximate surface area is 191 Å². The second-order valence-electron chi connectivity index (χ2n) is 7.45. The Morgan fingerprint density at radius 3 is 2.21 bits per heavy atom. The first kappa shape index (κ1) is 24.0. The fraction of sp³-hybridized carbons (Fsp3) is 0.174. The van der Waals surface area contributed by atoms with E-state index in [4.69, 9.17) is 0 Å². The summed E-state index contributed by atoms with van der Waals surface area (Å²) in [5.41, 5.74) is 0.536. The summed E-state index contributed by atoms with van der Waals surface area (Å²) in [4.78, 5) is 29.1. The second kappa shape index (κ2) is 9.88. The van der Waals surface area contributed by atoms with Gasteiger partial charge in [0.15, 0.2) is 0 Å². The Hall–Kier alpha value is -3.63. The molecule has 0 spiro atoms. The molecule has 10 heteroatoms. The summed E-state index contributed by atoms with van der Waals surface area (Å²) in [5, 5.41) is 5.14. The molecule has 33 heavy (non-hydrogen) atoms. The number of nitrogens with zero attached hydrogens (tertiary/aromatic N) is 2. The number of hydrogen-bond acceptors (Lipinski definition) is 5. The van der Waals surface area contributed by atoms with Gasteiger partial charge in [0.25, 0.3) is 11.8 Å². The van der Waals surface area contributed by atoms with Crippen molar-refractivity contribution < 1.29 is 22.4 Å².